The maximum atomic E-state index is 14.9. The molecule has 3 nitrogen and oxygen atoms in total. The fraction of sp³-hybridized carbons (Fsp3) is 0.107. The van der Waals surface area contributed by atoms with Gasteiger partial charge in [0.05, 0.1) is 6.61 Å². The Morgan fingerprint density at radius 2 is 1.53 bits per heavy atom. The molecule has 0 aliphatic carbocycles. The van der Waals surface area contributed by atoms with Crippen molar-refractivity contribution in [3.8, 4) is 28.0 Å². The largest absolute Gasteiger partial charge is 0.463 e. The Balaban J connectivity index is 1.65. The molecule has 0 amide bonds. The van der Waals surface area contributed by atoms with E-state index in [1.807, 2.05) is 42.5 Å². The van der Waals surface area contributed by atoms with Gasteiger partial charge in [0.1, 0.15) is 17.3 Å². The first kappa shape index (κ1) is 22.8. The molecule has 0 saturated heterocycles. The number of halogens is 1. The van der Waals surface area contributed by atoms with E-state index in [1.165, 1.54) is 6.08 Å². The van der Waals surface area contributed by atoms with E-state index < -0.39 is 5.97 Å². The van der Waals surface area contributed by atoms with Gasteiger partial charge in [0.2, 0.25) is 0 Å². The summed E-state index contributed by atoms with van der Waals surface area (Å²) in [7, 11) is 0. The van der Waals surface area contributed by atoms with Crippen LogP contribution >= 0.6 is 0 Å². The van der Waals surface area contributed by atoms with Gasteiger partial charge >= 0.3 is 5.97 Å². The monoisotopic (exact) mass is 428 g/mol. The molecular weight excluding hydrogens is 403 g/mol. The number of carbonyl (C=O) groups excluding carboxylic acids is 1. The molecule has 0 heterocycles. The molecule has 32 heavy (non-hydrogen) atoms. The Hall–Kier alpha value is -3.92. The van der Waals surface area contributed by atoms with Crippen LogP contribution in [0.5, 0.6) is 5.75 Å². The molecule has 4 heteroatoms. The van der Waals surface area contributed by atoms with Crippen molar-refractivity contribution in [2.24, 2.45) is 0 Å². The minimum atomic E-state index is -0.409. The van der Waals surface area contributed by atoms with Crippen molar-refractivity contribution in [1.29, 1.82) is 0 Å². The lowest BCUT2D eigenvalue weighted by atomic mass is 9.98. The van der Waals surface area contributed by atoms with Gasteiger partial charge in [0.15, 0.2) is 0 Å². The first-order valence-electron chi connectivity index (χ1n) is 10.3. The Morgan fingerprint density at radius 1 is 0.875 bits per heavy atom. The lowest BCUT2D eigenvalue weighted by molar-refractivity contribution is -0.137. The molecule has 162 valence electrons. The SMILES string of the molecule is C=CC(=C)Oc1ccc(-c2ccc(-c3ccc(CCCOC(=O)C=C)cc3)cc2F)cc1. The molecular formula is C28H25FO3. The minimum absolute atomic E-state index is 0.292. The summed E-state index contributed by atoms with van der Waals surface area (Å²) in [5, 5.41) is 0. The number of esters is 1. The number of benzene rings is 3. The first-order valence-corrected chi connectivity index (χ1v) is 10.3. The van der Waals surface area contributed by atoms with Gasteiger partial charge in [-0.25, -0.2) is 9.18 Å². The predicted molar refractivity (Wildman–Crippen MR) is 127 cm³/mol. The van der Waals surface area contributed by atoms with E-state index in [4.69, 9.17) is 9.47 Å². The molecule has 0 unspecified atom stereocenters. The fourth-order valence-corrected chi connectivity index (χ4v) is 3.20. The molecule has 3 aromatic rings. The van der Waals surface area contributed by atoms with Crippen molar-refractivity contribution >= 4 is 5.97 Å². The molecule has 3 rings (SSSR count). The summed E-state index contributed by atoms with van der Waals surface area (Å²) in [4.78, 5) is 11.0. The average Bonchev–Trinajstić information content (AvgIpc) is 2.82. The third-order valence-electron chi connectivity index (χ3n) is 4.92. The van der Waals surface area contributed by atoms with Crippen LogP contribution < -0.4 is 4.74 Å². The van der Waals surface area contributed by atoms with Crippen LogP contribution in [0.3, 0.4) is 0 Å². The van der Waals surface area contributed by atoms with Crippen molar-refractivity contribution in [3.63, 3.8) is 0 Å². The Morgan fingerprint density at radius 3 is 2.16 bits per heavy atom. The number of hydrogen-bond acceptors (Lipinski definition) is 3. The smallest absolute Gasteiger partial charge is 0.330 e. The van der Waals surface area contributed by atoms with Crippen molar-refractivity contribution in [2.45, 2.75) is 12.8 Å². The van der Waals surface area contributed by atoms with Crippen LogP contribution in [0.15, 0.2) is 104 Å². The molecule has 0 N–H and O–H groups in total. The molecule has 0 fully saturated rings. The zero-order valence-corrected chi connectivity index (χ0v) is 17.9. The first-order chi connectivity index (χ1) is 15.5. The lowest BCUT2D eigenvalue weighted by Crippen LogP contribution is -2.02. The second kappa shape index (κ2) is 10.9. The lowest BCUT2D eigenvalue weighted by Gasteiger charge is -2.09. The van der Waals surface area contributed by atoms with E-state index in [1.54, 1.807) is 24.3 Å². The third-order valence-corrected chi connectivity index (χ3v) is 4.92. The zero-order valence-electron chi connectivity index (χ0n) is 17.9. The maximum Gasteiger partial charge on any atom is 0.330 e. The number of ether oxygens (including phenoxy) is 2. The summed E-state index contributed by atoms with van der Waals surface area (Å²) in [6.07, 6.45) is 4.20. The summed E-state index contributed by atoms with van der Waals surface area (Å²) in [6, 6.07) is 20.4. The van der Waals surface area contributed by atoms with Gasteiger partial charge in [0.25, 0.3) is 0 Å². The second-order valence-electron chi connectivity index (χ2n) is 7.16. The van der Waals surface area contributed by atoms with E-state index in [0.717, 1.165) is 41.2 Å². The molecule has 0 aliphatic rings. The van der Waals surface area contributed by atoms with Crippen LogP contribution in [0.25, 0.3) is 22.3 Å². The van der Waals surface area contributed by atoms with Gasteiger partial charge in [-0.3, -0.25) is 0 Å². The van der Waals surface area contributed by atoms with Crippen LogP contribution in [0.4, 0.5) is 4.39 Å². The molecule has 0 aromatic heterocycles. The van der Waals surface area contributed by atoms with Gasteiger partial charge in [-0.05, 0) is 59.4 Å². The number of allylic oxidation sites excluding steroid dienone is 1. The molecule has 0 aliphatic heterocycles. The highest BCUT2D eigenvalue weighted by Crippen LogP contribution is 2.29. The van der Waals surface area contributed by atoms with Crippen molar-refractivity contribution in [2.75, 3.05) is 6.61 Å². The van der Waals surface area contributed by atoms with Gasteiger partial charge in [-0.2, -0.15) is 0 Å². The van der Waals surface area contributed by atoms with E-state index in [-0.39, 0.29) is 5.82 Å². The highest BCUT2D eigenvalue weighted by atomic mass is 19.1. The topological polar surface area (TPSA) is 35.5 Å². The summed E-state index contributed by atoms with van der Waals surface area (Å²) in [6.45, 7) is 11.0. The summed E-state index contributed by atoms with van der Waals surface area (Å²) in [5.74, 6) is 0.374. The van der Waals surface area contributed by atoms with Gasteiger partial charge in [0, 0.05) is 11.6 Å². The maximum absolute atomic E-state index is 14.9. The molecule has 0 bridgehead atoms. The molecule has 0 spiro atoms. The highest BCUT2D eigenvalue weighted by molar-refractivity contribution is 5.81. The quantitative estimate of drug-likeness (QED) is 0.116. The summed E-state index contributed by atoms with van der Waals surface area (Å²) < 4.78 is 25.3. The van der Waals surface area contributed by atoms with Crippen LogP contribution in [0.2, 0.25) is 0 Å². The molecule has 0 atom stereocenters. The zero-order chi connectivity index (χ0) is 22.9. The second-order valence-corrected chi connectivity index (χ2v) is 7.16. The molecule has 0 saturated carbocycles. The summed E-state index contributed by atoms with van der Waals surface area (Å²) >= 11 is 0. The Bertz CT molecular complexity index is 1110. The van der Waals surface area contributed by atoms with Crippen LogP contribution in [0, 0.1) is 5.82 Å². The van der Waals surface area contributed by atoms with Crippen LogP contribution in [-0.4, -0.2) is 12.6 Å². The number of carbonyl (C=O) groups is 1. The standard InChI is InChI=1S/C28H25FO3/c1-4-20(3)32-25-15-12-23(13-16-25)26-17-14-24(19-27(26)29)22-10-8-21(9-11-22)7-6-18-31-28(30)5-2/h4-5,8-17,19H,1-3,6-7,18H2. The molecule has 0 radical (unpaired) electrons. The van der Waals surface area contributed by atoms with Gasteiger partial charge < -0.3 is 9.47 Å². The third kappa shape index (κ3) is 6.05. The fourth-order valence-electron chi connectivity index (χ4n) is 3.20. The van der Waals surface area contributed by atoms with E-state index in [2.05, 4.69) is 19.7 Å². The van der Waals surface area contributed by atoms with E-state index in [9.17, 15) is 9.18 Å². The Labute approximate surface area is 188 Å². The predicted octanol–water partition coefficient (Wildman–Crippen LogP) is 6.90. The number of aryl methyl sites for hydroxylation is 1. The van der Waals surface area contributed by atoms with Crippen molar-refractivity contribution < 1.29 is 18.7 Å². The van der Waals surface area contributed by atoms with E-state index >= 15 is 0 Å². The van der Waals surface area contributed by atoms with E-state index in [0.29, 0.717) is 23.7 Å². The van der Waals surface area contributed by atoms with Crippen molar-refractivity contribution in [1.82, 2.24) is 0 Å². The molecule has 3 aromatic carbocycles. The number of rotatable bonds is 10. The number of hydrogen-bond donors (Lipinski definition) is 0. The summed E-state index contributed by atoms with van der Waals surface area (Å²) in [5.41, 5.74) is 4.15. The van der Waals surface area contributed by atoms with Gasteiger partial charge in [-0.1, -0.05) is 68.3 Å². The highest BCUT2D eigenvalue weighted by Gasteiger charge is 2.08. The van der Waals surface area contributed by atoms with Gasteiger partial charge in [-0.15, -0.1) is 0 Å². The normalized spacial score (nSPS) is 10.3. The van der Waals surface area contributed by atoms with Crippen LogP contribution in [0.1, 0.15) is 12.0 Å². The van der Waals surface area contributed by atoms with Crippen molar-refractivity contribution in [3.05, 3.63) is 116 Å². The van der Waals surface area contributed by atoms with Crippen LogP contribution in [-0.2, 0) is 16.0 Å². The Kier molecular flexibility index (Phi) is 7.76. The average molecular weight is 429 g/mol. The minimum Gasteiger partial charge on any atom is -0.463 e.